The van der Waals surface area contributed by atoms with Crippen molar-refractivity contribution in [2.45, 2.75) is 6.92 Å². The molecule has 0 spiro atoms. The number of anilines is 1. The van der Waals surface area contributed by atoms with Gasteiger partial charge in [0.25, 0.3) is 5.91 Å². The summed E-state index contributed by atoms with van der Waals surface area (Å²) in [4.78, 5) is 11.7. The van der Waals surface area contributed by atoms with E-state index < -0.39 is 17.5 Å². The first-order valence-corrected chi connectivity index (χ1v) is 6.12. The third-order valence-corrected chi connectivity index (χ3v) is 3.02. The Morgan fingerprint density at radius 2 is 1.75 bits per heavy atom. The standard InChI is InChI=1S/C14H11ClF2N2O/c1-8-2-3-12(7-13(8)15)18-19-14(20)9-4-10(16)6-11(17)5-9/h2-7,18H,1H3,(H,19,20). The van der Waals surface area contributed by atoms with Gasteiger partial charge in [-0.25, -0.2) is 8.78 Å². The van der Waals surface area contributed by atoms with Crippen molar-refractivity contribution in [3.05, 3.63) is 64.2 Å². The van der Waals surface area contributed by atoms with Crippen LogP contribution in [0.25, 0.3) is 0 Å². The molecule has 2 aromatic carbocycles. The maximum atomic E-state index is 13.0. The molecule has 0 heterocycles. The lowest BCUT2D eigenvalue weighted by molar-refractivity contribution is 0.0961. The van der Waals surface area contributed by atoms with Gasteiger partial charge in [0.05, 0.1) is 5.69 Å². The molecular formula is C14H11ClF2N2O. The highest BCUT2D eigenvalue weighted by Gasteiger charge is 2.09. The number of hydrogen-bond acceptors (Lipinski definition) is 2. The van der Waals surface area contributed by atoms with Crippen molar-refractivity contribution in [1.29, 1.82) is 0 Å². The Labute approximate surface area is 119 Å². The van der Waals surface area contributed by atoms with Crippen molar-refractivity contribution in [2.75, 3.05) is 5.43 Å². The molecule has 0 aliphatic rings. The zero-order chi connectivity index (χ0) is 14.7. The topological polar surface area (TPSA) is 41.1 Å². The molecule has 2 rings (SSSR count). The van der Waals surface area contributed by atoms with Crippen LogP contribution in [0.1, 0.15) is 15.9 Å². The average molecular weight is 297 g/mol. The van der Waals surface area contributed by atoms with Gasteiger partial charge in [-0.2, -0.15) is 0 Å². The number of hydrogen-bond donors (Lipinski definition) is 2. The van der Waals surface area contributed by atoms with Crippen molar-refractivity contribution < 1.29 is 13.6 Å². The number of benzene rings is 2. The monoisotopic (exact) mass is 296 g/mol. The second kappa shape index (κ2) is 5.88. The number of halogens is 3. The first kappa shape index (κ1) is 14.3. The van der Waals surface area contributed by atoms with Gasteiger partial charge in [0, 0.05) is 16.7 Å². The fourth-order valence-corrected chi connectivity index (χ4v) is 1.74. The zero-order valence-electron chi connectivity index (χ0n) is 10.5. The summed E-state index contributed by atoms with van der Waals surface area (Å²) in [5.41, 5.74) is 6.30. The van der Waals surface area contributed by atoms with Gasteiger partial charge in [0.1, 0.15) is 11.6 Å². The van der Waals surface area contributed by atoms with Gasteiger partial charge in [0.15, 0.2) is 0 Å². The summed E-state index contributed by atoms with van der Waals surface area (Å²) < 4.78 is 26.0. The summed E-state index contributed by atoms with van der Waals surface area (Å²) in [6.45, 7) is 1.85. The van der Waals surface area contributed by atoms with Gasteiger partial charge in [-0.1, -0.05) is 17.7 Å². The first-order chi connectivity index (χ1) is 9.45. The number of carbonyl (C=O) groups is 1. The normalized spacial score (nSPS) is 10.2. The van der Waals surface area contributed by atoms with Crippen LogP contribution in [0.4, 0.5) is 14.5 Å². The maximum Gasteiger partial charge on any atom is 0.269 e. The van der Waals surface area contributed by atoms with Crippen LogP contribution in [0.2, 0.25) is 5.02 Å². The lowest BCUT2D eigenvalue weighted by atomic mass is 10.2. The van der Waals surface area contributed by atoms with Crippen LogP contribution in [0.15, 0.2) is 36.4 Å². The van der Waals surface area contributed by atoms with E-state index in [2.05, 4.69) is 10.9 Å². The Morgan fingerprint density at radius 1 is 1.10 bits per heavy atom. The quantitative estimate of drug-likeness (QED) is 0.848. The largest absolute Gasteiger partial charge is 0.298 e. The fraction of sp³-hybridized carbons (Fsp3) is 0.0714. The molecule has 6 heteroatoms. The minimum atomic E-state index is -0.812. The minimum absolute atomic E-state index is 0.117. The third-order valence-electron chi connectivity index (χ3n) is 2.62. The molecule has 0 radical (unpaired) electrons. The number of nitrogens with one attached hydrogen (secondary N) is 2. The van der Waals surface area contributed by atoms with Crippen LogP contribution >= 0.6 is 11.6 Å². The smallest absolute Gasteiger partial charge is 0.269 e. The predicted octanol–water partition coefficient (Wildman–Crippen LogP) is 3.68. The highest BCUT2D eigenvalue weighted by molar-refractivity contribution is 6.31. The summed E-state index contributed by atoms with van der Waals surface area (Å²) in [5, 5.41) is 0.543. The number of amides is 1. The molecule has 2 N–H and O–H groups in total. The van der Waals surface area contributed by atoms with Crippen LogP contribution in [0, 0.1) is 18.6 Å². The van der Waals surface area contributed by atoms with Crippen molar-refractivity contribution in [3.63, 3.8) is 0 Å². The van der Waals surface area contributed by atoms with Gasteiger partial charge >= 0.3 is 0 Å². The highest BCUT2D eigenvalue weighted by Crippen LogP contribution is 2.19. The first-order valence-electron chi connectivity index (χ1n) is 5.74. The van der Waals surface area contributed by atoms with E-state index in [1.807, 2.05) is 6.92 Å². The minimum Gasteiger partial charge on any atom is -0.298 e. The van der Waals surface area contributed by atoms with Gasteiger partial charge < -0.3 is 0 Å². The third kappa shape index (κ3) is 3.45. The zero-order valence-corrected chi connectivity index (χ0v) is 11.3. The van der Waals surface area contributed by atoms with Gasteiger partial charge in [-0.3, -0.25) is 15.6 Å². The summed E-state index contributed by atoms with van der Waals surface area (Å²) in [6.07, 6.45) is 0. The molecule has 0 bridgehead atoms. The molecule has 0 unspecified atom stereocenters. The molecule has 0 saturated carbocycles. The van der Waals surface area contributed by atoms with E-state index in [0.717, 1.165) is 17.7 Å². The van der Waals surface area contributed by atoms with E-state index in [1.165, 1.54) is 0 Å². The SMILES string of the molecule is Cc1ccc(NNC(=O)c2cc(F)cc(F)c2)cc1Cl. The molecule has 0 fully saturated rings. The van der Waals surface area contributed by atoms with Crippen LogP contribution in [-0.4, -0.2) is 5.91 Å². The summed E-state index contributed by atoms with van der Waals surface area (Å²) in [5.74, 6) is -2.28. The number of rotatable bonds is 3. The van der Waals surface area contributed by atoms with Gasteiger partial charge in [0.2, 0.25) is 0 Å². The molecule has 1 amide bonds. The molecule has 0 aliphatic carbocycles. The van der Waals surface area contributed by atoms with Crippen molar-refractivity contribution >= 4 is 23.2 Å². The van der Waals surface area contributed by atoms with Crippen LogP contribution in [0.3, 0.4) is 0 Å². The lowest BCUT2D eigenvalue weighted by Crippen LogP contribution is -2.29. The second-order valence-corrected chi connectivity index (χ2v) is 4.61. The van der Waals surface area contributed by atoms with Crippen molar-refractivity contribution in [3.8, 4) is 0 Å². The van der Waals surface area contributed by atoms with E-state index >= 15 is 0 Å². The predicted molar refractivity (Wildman–Crippen MR) is 73.6 cm³/mol. The Kier molecular flexibility index (Phi) is 4.20. The Morgan fingerprint density at radius 3 is 2.35 bits per heavy atom. The van der Waals surface area contributed by atoms with E-state index in [0.29, 0.717) is 16.8 Å². The van der Waals surface area contributed by atoms with E-state index in [1.54, 1.807) is 18.2 Å². The van der Waals surface area contributed by atoms with Crippen molar-refractivity contribution in [1.82, 2.24) is 5.43 Å². The number of carbonyl (C=O) groups excluding carboxylic acids is 1. The molecule has 0 aliphatic heterocycles. The second-order valence-electron chi connectivity index (χ2n) is 4.20. The molecule has 0 saturated heterocycles. The van der Waals surface area contributed by atoms with E-state index in [-0.39, 0.29) is 5.56 Å². The lowest BCUT2D eigenvalue weighted by Gasteiger charge is -2.09. The molecule has 0 atom stereocenters. The maximum absolute atomic E-state index is 13.0. The van der Waals surface area contributed by atoms with Crippen LogP contribution in [0.5, 0.6) is 0 Å². The molecule has 104 valence electrons. The van der Waals surface area contributed by atoms with Crippen LogP contribution < -0.4 is 10.9 Å². The summed E-state index contributed by atoms with van der Waals surface area (Å²) in [7, 11) is 0. The Balaban J connectivity index is 2.06. The summed E-state index contributed by atoms with van der Waals surface area (Å²) in [6, 6.07) is 7.71. The fourth-order valence-electron chi connectivity index (χ4n) is 1.56. The molecule has 0 aromatic heterocycles. The molecule has 3 nitrogen and oxygen atoms in total. The average Bonchev–Trinajstić information content (AvgIpc) is 2.38. The highest BCUT2D eigenvalue weighted by atomic mass is 35.5. The van der Waals surface area contributed by atoms with E-state index in [4.69, 9.17) is 11.6 Å². The molecular weight excluding hydrogens is 286 g/mol. The number of aryl methyl sites for hydroxylation is 1. The number of hydrazine groups is 1. The Hall–Kier alpha value is -2.14. The molecule has 20 heavy (non-hydrogen) atoms. The van der Waals surface area contributed by atoms with E-state index in [9.17, 15) is 13.6 Å². The summed E-state index contributed by atoms with van der Waals surface area (Å²) >= 11 is 5.94. The molecule has 2 aromatic rings. The van der Waals surface area contributed by atoms with Gasteiger partial charge in [-0.05, 0) is 36.8 Å². The van der Waals surface area contributed by atoms with Crippen LogP contribution in [-0.2, 0) is 0 Å². The Bertz CT molecular complexity index is 641. The van der Waals surface area contributed by atoms with Crippen molar-refractivity contribution in [2.24, 2.45) is 0 Å². The van der Waals surface area contributed by atoms with Gasteiger partial charge in [-0.15, -0.1) is 0 Å².